The van der Waals surface area contributed by atoms with Gasteiger partial charge < -0.3 is 5.32 Å². The molecule has 2 aliphatic carbocycles. The van der Waals surface area contributed by atoms with Gasteiger partial charge in [-0.15, -0.1) is 0 Å². The minimum absolute atomic E-state index is 0.0410. The van der Waals surface area contributed by atoms with E-state index in [2.05, 4.69) is 15.4 Å². The van der Waals surface area contributed by atoms with Gasteiger partial charge in [-0.25, -0.2) is 9.50 Å². The maximum Gasteiger partial charge on any atom is 0.256 e. The van der Waals surface area contributed by atoms with Crippen molar-refractivity contribution < 1.29 is 4.79 Å². The van der Waals surface area contributed by atoms with E-state index in [1.807, 2.05) is 10.7 Å². The summed E-state index contributed by atoms with van der Waals surface area (Å²) in [5, 5.41) is 7.37. The standard InChI is InChI=1S/C14H16N4O/c19-14(17-10-5-6-10)11-8-16-18-12-4-2-1-3-9(12)7-15-13(11)18/h7-8,10H,1-6H2,(H,17,19). The lowest BCUT2D eigenvalue weighted by Gasteiger charge is -2.15. The quantitative estimate of drug-likeness (QED) is 0.885. The third-order valence-electron chi connectivity index (χ3n) is 3.98. The number of hydrogen-bond acceptors (Lipinski definition) is 3. The van der Waals surface area contributed by atoms with E-state index in [0.717, 1.165) is 25.7 Å². The van der Waals surface area contributed by atoms with E-state index in [-0.39, 0.29) is 5.91 Å². The zero-order chi connectivity index (χ0) is 12.8. The lowest BCUT2D eigenvalue weighted by molar-refractivity contribution is 0.0952. The smallest absolute Gasteiger partial charge is 0.256 e. The van der Waals surface area contributed by atoms with E-state index in [0.29, 0.717) is 17.3 Å². The Morgan fingerprint density at radius 3 is 2.95 bits per heavy atom. The molecule has 5 heteroatoms. The van der Waals surface area contributed by atoms with Gasteiger partial charge in [0.2, 0.25) is 0 Å². The van der Waals surface area contributed by atoms with Crippen LogP contribution in [-0.4, -0.2) is 26.5 Å². The van der Waals surface area contributed by atoms with Crippen molar-refractivity contribution in [1.82, 2.24) is 19.9 Å². The molecule has 0 radical (unpaired) electrons. The number of carbonyl (C=O) groups excluding carboxylic acids is 1. The number of nitrogens with zero attached hydrogens (tertiary/aromatic N) is 3. The SMILES string of the molecule is O=C(NC1CC1)c1cnn2c3c(cnc12)CCCC3. The van der Waals surface area contributed by atoms with E-state index < -0.39 is 0 Å². The van der Waals surface area contributed by atoms with Crippen LogP contribution >= 0.6 is 0 Å². The van der Waals surface area contributed by atoms with Crippen LogP contribution in [0.1, 0.15) is 47.3 Å². The number of rotatable bonds is 2. The van der Waals surface area contributed by atoms with Crippen LogP contribution < -0.4 is 5.32 Å². The van der Waals surface area contributed by atoms with Gasteiger partial charge in [0.05, 0.1) is 6.20 Å². The fourth-order valence-corrected chi connectivity index (χ4v) is 2.75. The molecule has 2 heterocycles. The van der Waals surface area contributed by atoms with Crippen molar-refractivity contribution in [2.45, 2.75) is 44.6 Å². The van der Waals surface area contributed by atoms with E-state index >= 15 is 0 Å². The van der Waals surface area contributed by atoms with Gasteiger partial charge in [0.15, 0.2) is 5.65 Å². The molecule has 1 N–H and O–H groups in total. The number of aryl methyl sites for hydroxylation is 2. The van der Waals surface area contributed by atoms with Crippen LogP contribution in [-0.2, 0) is 12.8 Å². The maximum atomic E-state index is 12.1. The molecule has 0 bridgehead atoms. The maximum absolute atomic E-state index is 12.1. The van der Waals surface area contributed by atoms with Gasteiger partial charge in [0, 0.05) is 17.9 Å². The van der Waals surface area contributed by atoms with Crippen molar-refractivity contribution in [1.29, 1.82) is 0 Å². The van der Waals surface area contributed by atoms with E-state index in [1.54, 1.807) is 6.20 Å². The van der Waals surface area contributed by atoms with Crippen LogP contribution in [0.2, 0.25) is 0 Å². The molecule has 19 heavy (non-hydrogen) atoms. The second kappa shape index (κ2) is 4.05. The molecule has 4 rings (SSSR count). The number of nitrogens with one attached hydrogen (secondary N) is 1. The summed E-state index contributed by atoms with van der Waals surface area (Å²) in [7, 11) is 0. The zero-order valence-corrected chi connectivity index (χ0v) is 10.7. The van der Waals surface area contributed by atoms with Crippen LogP contribution in [0.4, 0.5) is 0 Å². The summed E-state index contributed by atoms with van der Waals surface area (Å²) in [6, 6.07) is 0.361. The third-order valence-corrected chi connectivity index (χ3v) is 3.98. The van der Waals surface area contributed by atoms with Gasteiger partial charge in [-0.2, -0.15) is 5.10 Å². The molecule has 0 aromatic carbocycles. The minimum atomic E-state index is -0.0410. The number of hydrogen-bond donors (Lipinski definition) is 1. The highest BCUT2D eigenvalue weighted by Gasteiger charge is 2.26. The second-order valence-corrected chi connectivity index (χ2v) is 5.48. The Labute approximate surface area is 111 Å². The Balaban J connectivity index is 1.78. The summed E-state index contributed by atoms with van der Waals surface area (Å²) >= 11 is 0. The largest absolute Gasteiger partial charge is 0.349 e. The lowest BCUT2D eigenvalue weighted by Crippen LogP contribution is -2.25. The molecule has 2 aromatic heterocycles. The molecule has 0 aliphatic heterocycles. The first-order chi connectivity index (χ1) is 9.33. The number of aromatic nitrogens is 3. The number of fused-ring (bicyclic) bond motifs is 3. The molecule has 0 spiro atoms. The van der Waals surface area contributed by atoms with Crippen LogP contribution in [0, 0.1) is 0 Å². The van der Waals surface area contributed by atoms with Crippen LogP contribution in [0.15, 0.2) is 12.4 Å². The summed E-state index contributed by atoms with van der Waals surface area (Å²) in [4.78, 5) is 16.6. The zero-order valence-electron chi connectivity index (χ0n) is 10.7. The molecule has 98 valence electrons. The van der Waals surface area contributed by atoms with Crippen molar-refractivity contribution in [2.24, 2.45) is 0 Å². The average molecular weight is 256 g/mol. The van der Waals surface area contributed by atoms with Gasteiger partial charge in [0.25, 0.3) is 5.91 Å². The van der Waals surface area contributed by atoms with E-state index in [4.69, 9.17) is 0 Å². The lowest BCUT2D eigenvalue weighted by atomic mass is 9.97. The molecule has 1 fully saturated rings. The second-order valence-electron chi connectivity index (χ2n) is 5.48. The minimum Gasteiger partial charge on any atom is -0.349 e. The summed E-state index contributed by atoms with van der Waals surface area (Å²) in [6.45, 7) is 0. The first-order valence-electron chi connectivity index (χ1n) is 6.98. The van der Waals surface area contributed by atoms with Crippen molar-refractivity contribution >= 4 is 11.6 Å². The van der Waals surface area contributed by atoms with Crippen LogP contribution in [0.5, 0.6) is 0 Å². The topological polar surface area (TPSA) is 59.3 Å². The van der Waals surface area contributed by atoms with E-state index in [9.17, 15) is 4.79 Å². The van der Waals surface area contributed by atoms with E-state index in [1.165, 1.54) is 24.1 Å². The Morgan fingerprint density at radius 1 is 1.26 bits per heavy atom. The number of carbonyl (C=O) groups is 1. The molecular weight excluding hydrogens is 240 g/mol. The Morgan fingerprint density at radius 2 is 2.11 bits per heavy atom. The van der Waals surface area contributed by atoms with Crippen LogP contribution in [0.3, 0.4) is 0 Å². The fourth-order valence-electron chi connectivity index (χ4n) is 2.75. The number of amides is 1. The molecule has 2 aromatic rings. The Kier molecular flexibility index (Phi) is 2.33. The Hall–Kier alpha value is -1.91. The highest BCUT2D eigenvalue weighted by molar-refractivity contribution is 5.99. The molecule has 5 nitrogen and oxygen atoms in total. The van der Waals surface area contributed by atoms with Crippen molar-refractivity contribution in [3.8, 4) is 0 Å². The molecule has 0 saturated heterocycles. The molecule has 1 saturated carbocycles. The third kappa shape index (κ3) is 1.80. The van der Waals surface area contributed by atoms with Crippen molar-refractivity contribution in [3.05, 3.63) is 29.2 Å². The fraction of sp³-hybridized carbons (Fsp3) is 0.500. The molecule has 2 aliphatic rings. The van der Waals surface area contributed by atoms with Gasteiger partial charge in [-0.3, -0.25) is 4.79 Å². The summed E-state index contributed by atoms with van der Waals surface area (Å²) in [5.41, 5.74) is 3.79. The molecule has 0 atom stereocenters. The molecule has 0 unspecified atom stereocenters. The molecule has 1 amide bonds. The van der Waals surface area contributed by atoms with Gasteiger partial charge in [0.1, 0.15) is 5.56 Å². The average Bonchev–Trinajstić information content (AvgIpc) is 3.14. The van der Waals surface area contributed by atoms with Crippen LogP contribution in [0.25, 0.3) is 5.65 Å². The molecular formula is C14H16N4O. The van der Waals surface area contributed by atoms with Gasteiger partial charge in [-0.1, -0.05) is 0 Å². The first-order valence-corrected chi connectivity index (χ1v) is 6.98. The Bertz CT molecular complexity index is 657. The normalized spacial score (nSPS) is 18.3. The predicted molar refractivity (Wildman–Crippen MR) is 70.1 cm³/mol. The summed E-state index contributed by atoms with van der Waals surface area (Å²) < 4.78 is 1.86. The predicted octanol–water partition coefficient (Wildman–Crippen LogP) is 1.50. The monoisotopic (exact) mass is 256 g/mol. The van der Waals surface area contributed by atoms with Gasteiger partial charge >= 0.3 is 0 Å². The summed E-state index contributed by atoms with van der Waals surface area (Å²) in [5.74, 6) is -0.0410. The highest BCUT2D eigenvalue weighted by Crippen LogP contribution is 2.23. The highest BCUT2D eigenvalue weighted by atomic mass is 16.1. The van der Waals surface area contributed by atoms with Crippen molar-refractivity contribution in [2.75, 3.05) is 0 Å². The van der Waals surface area contributed by atoms with Gasteiger partial charge in [-0.05, 0) is 44.1 Å². The first kappa shape index (κ1) is 11.0. The van der Waals surface area contributed by atoms with Crippen molar-refractivity contribution in [3.63, 3.8) is 0 Å². The summed E-state index contributed by atoms with van der Waals surface area (Å²) in [6.07, 6.45) is 10.3.